The van der Waals surface area contributed by atoms with Crippen molar-refractivity contribution in [1.82, 2.24) is 5.32 Å². The molecule has 2 rings (SSSR count). The van der Waals surface area contributed by atoms with Crippen molar-refractivity contribution in [2.45, 2.75) is 18.9 Å². The zero-order valence-electron chi connectivity index (χ0n) is 9.25. The summed E-state index contributed by atoms with van der Waals surface area (Å²) in [6.45, 7) is 0.544. The Morgan fingerprint density at radius 2 is 2.18 bits per heavy atom. The zero-order chi connectivity index (χ0) is 12.4. The second kappa shape index (κ2) is 5.50. The van der Waals surface area contributed by atoms with Gasteiger partial charge in [-0.1, -0.05) is 15.9 Å². The Bertz CT molecular complexity index is 433. The van der Waals surface area contributed by atoms with E-state index >= 15 is 0 Å². The summed E-state index contributed by atoms with van der Waals surface area (Å²) in [6.07, 6.45) is 2.38. The van der Waals surface area contributed by atoms with Crippen LogP contribution in [0.1, 0.15) is 23.2 Å². The second-order valence-electron chi connectivity index (χ2n) is 4.34. The number of halogens is 2. The largest absolute Gasteiger partial charge is 0.350 e. The monoisotopic (exact) mass is 360 g/mol. The van der Waals surface area contributed by atoms with Gasteiger partial charge in [0.05, 0.1) is 5.56 Å². The average molecular weight is 362 g/mol. The van der Waals surface area contributed by atoms with Crippen LogP contribution >= 0.6 is 31.9 Å². The van der Waals surface area contributed by atoms with Gasteiger partial charge in [0, 0.05) is 21.5 Å². The number of benzene rings is 1. The van der Waals surface area contributed by atoms with Gasteiger partial charge in [0.25, 0.3) is 5.91 Å². The lowest BCUT2D eigenvalue weighted by Gasteiger charge is -2.12. The molecule has 1 amide bonds. The molecule has 1 fully saturated rings. The maximum Gasteiger partial charge on any atom is 0.252 e. The zero-order valence-corrected chi connectivity index (χ0v) is 12.4. The van der Waals surface area contributed by atoms with Crippen molar-refractivity contribution in [3.05, 3.63) is 32.7 Å². The Balaban J connectivity index is 1.96. The van der Waals surface area contributed by atoms with E-state index in [-0.39, 0.29) is 11.9 Å². The number of hydrogen-bond acceptors (Lipinski definition) is 2. The van der Waals surface area contributed by atoms with Crippen LogP contribution in [0.3, 0.4) is 0 Å². The Hall–Kier alpha value is -0.390. The smallest absolute Gasteiger partial charge is 0.252 e. The normalized spacial score (nSPS) is 16.6. The van der Waals surface area contributed by atoms with E-state index in [1.165, 1.54) is 12.8 Å². The fourth-order valence-electron chi connectivity index (χ4n) is 1.67. The summed E-state index contributed by atoms with van der Waals surface area (Å²) in [6, 6.07) is 5.61. The number of carbonyl (C=O) groups is 1. The van der Waals surface area contributed by atoms with Gasteiger partial charge in [-0.15, -0.1) is 0 Å². The van der Waals surface area contributed by atoms with Crippen molar-refractivity contribution in [3.8, 4) is 0 Å². The summed E-state index contributed by atoms with van der Waals surface area (Å²) < 4.78 is 1.68. The number of carbonyl (C=O) groups excluding carboxylic acids is 1. The Morgan fingerprint density at radius 3 is 2.82 bits per heavy atom. The molecular weight excluding hydrogens is 348 g/mol. The molecule has 3 N–H and O–H groups in total. The summed E-state index contributed by atoms with van der Waals surface area (Å²) in [5.74, 6) is 0.510. The standard InChI is InChI=1S/C12H14Br2N2O/c13-8-3-4-10(14)9(5-8)12(17)16-6-11(15)7-1-2-7/h3-5,7,11H,1-2,6,15H2,(H,16,17). The van der Waals surface area contributed by atoms with Gasteiger partial charge in [-0.25, -0.2) is 0 Å². The van der Waals surface area contributed by atoms with Crippen molar-refractivity contribution in [3.63, 3.8) is 0 Å². The molecule has 1 aliphatic carbocycles. The Labute approximate surface area is 117 Å². The fourth-order valence-corrected chi connectivity index (χ4v) is 2.46. The van der Waals surface area contributed by atoms with Crippen LogP contribution < -0.4 is 11.1 Å². The van der Waals surface area contributed by atoms with Crippen molar-refractivity contribution in [1.29, 1.82) is 0 Å². The van der Waals surface area contributed by atoms with E-state index in [9.17, 15) is 4.79 Å². The lowest BCUT2D eigenvalue weighted by Crippen LogP contribution is -2.38. The maximum atomic E-state index is 11.9. The van der Waals surface area contributed by atoms with E-state index in [1.807, 2.05) is 12.1 Å². The SMILES string of the molecule is NC(CNC(=O)c1cc(Br)ccc1Br)C1CC1. The third-order valence-electron chi connectivity index (χ3n) is 2.90. The van der Waals surface area contributed by atoms with E-state index < -0.39 is 0 Å². The third kappa shape index (κ3) is 3.53. The molecule has 1 aromatic rings. The van der Waals surface area contributed by atoms with Crippen LogP contribution in [0, 0.1) is 5.92 Å². The third-order valence-corrected chi connectivity index (χ3v) is 4.08. The summed E-state index contributed by atoms with van der Waals surface area (Å²) >= 11 is 6.72. The first kappa shape index (κ1) is 13.1. The minimum Gasteiger partial charge on any atom is -0.350 e. The predicted octanol–water partition coefficient (Wildman–Crippen LogP) is 2.68. The highest BCUT2D eigenvalue weighted by Crippen LogP contribution is 2.31. The maximum absolute atomic E-state index is 11.9. The van der Waals surface area contributed by atoms with Crippen LogP contribution in [0.25, 0.3) is 0 Å². The van der Waals surface area contributed by atoms with Gasteiger partial charge in [0.2, 0.25) is 0 Å². The molecule has 0 aliphatic heterocycles. The fraction of sp³-hybridized carbons (Fsp3) is 0.417. The number of nitrogens with one attached hydrogen (secondary N) is 1. The van der Waals surface area contributed by atoms with E-state index in [4.69, 9.17) is 5.73 Å². The predicted molar refractivity (Wildman–Crippen MR) is 74.9 cm³/mol. The van der Waals surface area contributed by atoms with Gasteiger partial charge in [-0.2, -0.15) is 0 Å². The number of amides is 1. The van der Waals surface area contributed by atoms with Gasteiger partial charge >= 0.3 is 0 Å². The van der Waals surface area contributed by atoms with Gasteiger partial charge in [0.1, 0.15) is 0 Å². The quantitative estimate of drug-likeness (QED) is 0.866. The molecule has 0 aromatic heterocycles. The lowest BCUT2D eigenvalue weighted by molar-refractivity contribution is 0.0949. The van der Waals surface area contributed by atoms with Crippen LogP contribution in [0.15, 0.2) is 27.1 Å². The van der Waals surface area contributed by atoms with Crippen LogP contribution in [0.4, 0.5) is 0 Å². The molecule has 0 radical (unpaired) electrons. The van der Waals surface area contributed by atoms with Gasteiger partial charge in [0.15, 0.2) is 0 Å². The van der Waals surface area contributed by atoms with Crippen molar-refractivity contribution < 1.29 is 4.79 Å². The summed E-state index contributed by atoms with van der Waals surface area (Å²) in [4.78, 5) is 11.9. The molecule has 0 saturated heterocycles. The molecule has 5 heteroatoms. The Kier molecular flexibility index (Phi) is 4.22. The number of nitrogens with two attached hydrogens (primary N) is 1. The molecular formula is C12H14Br2N2O. The summed E-state index contributed by atoms with van der Waals surface area (Å²) in [5.41, 5.74) is 6.56. The molecule has 0 heterocycles. The van der Waals surface area contributed by atoms with Gasteiger partial charge in [-0.3, -0.25) is 4.79 Å². The van der Waals surface area contributed by atoms with Crippen molar-refractivity contribution >= 4 is 37.8 Å². The first-order valence-corrected chi connectivity index (χ1v) is 7.15. The topological polar surface area (TPSA) is 55.1 Å². The highest BCUT2D eigenvalue weighted by Gasteiger charge is 2.28. The minimum absolute atomic E-state index is 0.0879. The molecule has 1 aliphatic rings. The second-order valence-corrected chi connectivity index (χ2v) is 6.11. The van der Waals surface area contributed by atoms with Crippen molar-refractivity contribution in [2.75, 3.05) is 6.54 Å². The molecule has 0 bridgehead atoms. The minimum atomic E-state index is -0.0886. The van der Waals surface area contributed by atoms with Crippen LogP contribution in [0.2, 0.25) is 0 Å². The lowest BCUT2D eigenvalue weighted by atomic mass is 10.2. The molecule has 1 saturated carbocycles. The van der Waals surface area contributed by atoms with Gasteiger partial charge in [-0.05, 0) is 52.9 Å². The molecule has 17 heavy (non-hydrogen) atoms. The van der Waals surface area contributed by atoms with Crippen molar-refractivity contribution in [2.24, 2.45) is 11.7 Å². The van der Waals surface area contributed by atoms with E-state index in [0.29, 0.717) is 18.0 Å². The van der Waals surface area contributed by atoms with E-state index in [1.54, 1.807) is 6.07 Å². The summed E-state index contributed by atoms with van der Waals surface area (Å²) in [5, 5.41) is 2.87. The number of rotatable bonds is 4. The van der Waals surface area contributed by atoms with Crippen LogP contribution in [0.5, 0.6) is 0 Å². The van der Waals surface area contributed by atoms with Gasteiger partial charge < -0.3 is 11.1 Å². The highest BCUT2D eigenvalue weighted by molar-refractivity contribution is 9.11. The summed E-state index contributed by atoms with van der Waals surface area (Å²) in [7, 11) is 0. The Morgan fingerprint density at radius 1 is 1.47 bits per heavy atom. The first-order valence-electron chi connectivity index (χ1n) is 5.57. The molecule has 3 nitrogen and oxygen atoms in total. The van der Waals surface area contributed by atoms with E-state index in [0.717, 1.165) is 8.95 Å². The molecule has 1 atom stereocenters. The van der Waals surface area contributed by atoms with E-state index in [2.05, 4.69) is 37.2 Å². The molecule has 1 aromatic carbocycles. The molecule has 1 unspecified atom stereocenters. The average Bonchev–Trinajstić information content (AvgIpc) is 3.12. The highest BCUT2D eigenvalue weighted by atomic mass is 79.9. The number of hydrogen-bond donors (Lipinski definition) is 2. The van der Waals surface area contributed by atoms with Crippen LogP contribution in [-0.2, 0) is 0 Å². The first-order chi connectivity index (χ1) is 8.08. The van der Waals surface area contributed by atoms with Crippen LogP contribution in [-0.4, -0.2) is 18.5 Å². The molecule has 0 spiro atoms. The molecule has 92 valence electrons.